The van der Waals surface area contributed by atoms with Gasteiger partial charge in [-0.25, -0.2) is 0 Å². The number of aryl methyl sites for hydroxylation is 1. The highest BCUT2D eigenvalue weighted by molar-refractivity contribution is 6.16. The minimum absolute atomic E-state index is 0.106. The number of hydrogen-bond acceptors (Lipinski definition) is 4. The Kier molecular flexibility index (Phi) is 5.40. The standard InChI is InChI=1S/C26H28N4O3/c1-4-17-9-7-8-16-29(17)25(31)23-22-20-10-5-6-11-21(20)28(2)24(22)26(32)30(27-23)18-12-14-19(33-3)15-13-18/h5-6,10-15,17H,4,7-9,16H2,1-3H3/t17-/m0/s1. The molecule has 0 spiro atoms. The van der Waals surface area contributed by atoms with Crippen molar-refractivity contribution in [3.05, 3.63) is 64.6 Å². The first-order chi connectivity index (χ1) is 16.0. The van der Waals surface area contributed by atoms with Crippen LogP contribution in [0.5, 0.6) is 5.75 Å². The molecule has 170 valence electrons. The van der Waals surface area contributed by atoms with E-state index < -0.39 is 0 Å². The van der Waals surface area contributed by atoms with Crippen molar-refractivity contribution in [2.45, 2.75) is 38.6 Å². The Morgan fingerprint density at radius 3 is 2.61 bits per heavy atom. The van der Waals surface area contributed by atoms with Gasteiger partial charge in [0.25, 0.3) is 11.5 Å². The van der Waals surface area contributed by atoms with E-state index in [-0.39, 0.29) is 17.5 Å². The Labute approximate surface area is 192 Å². The van der Waals surface area contributed by atoms with Crippen LogP contribution in [0, 0.1) is 0 Å². The molecule has 1 saturated heterocycles. The van der Waals surface area contributed by atoms with Gasteiger partial charge in [-0.3, -0.25) is 9.59 Å². The number of para-hydroxylation sites is 1. The molecule has 7 heteroatoms. The maximum Gasteiger partial charge on any atom is 0.296 e. The van der Waals surface area contributed by atoms with E-state index in [2.05, 4.69) is 6.92 Å². The Morgan fingerprint density at radius 2 is 1.88 bits per heavy atom. The second kappa shape index (κ2) is 8.39. The highest BCUT2D eigenvalue weighted by atomic mass is 16.5. The van der Waals surface area contributed by atoms with Gasteiger partial charge in [-0.05, 0) is 56.0 Å². The van der Waals surface area contributed by atoms with Crippen LogP contribution >= 0.6 is 0 Å². The number of amides is 1. The van der Waals surface area contributed by atoms with E-state index in [0.29, 0.717) is 34.6 Å². The third-order valence-electron chi connectivity index (χ3n) is 6.82. The molecule has 1 aliphatic heterocycles. The summed E-state index contributed by atoms with van der Waals surface area (Å²) in [5, 5.41) is 6.20. The number of carbonyl (C=O) groups is 1. The smallest absolute Gasteiger partial charge is 0.296 e. The van der Waals surface area contributed by atoms with Gasteiger partial charge in [-0.1, -0.05) is 25.1 Å². The molecular formula is C26H28N4O3. The molecule has 1 amide bonds. The fourth-order valence-corrected chi connectivity index (χ4v) is 5.06. The molecular weight excluding hydrogens is 416 g/mol. The van der Waals surface area contributed by atoms with E-state index in [1.54, 1.807) is 31.4 Å². The summed E-state index contributed by atoms with van der Waals surface area (Å²) >= 11 is 0. The Bertz CT molecular complexity index is 1400. The van der Waals surface area contributed by atoms with E-state index in [1.807, 2.05) is 40.8 Å². The Balaban J connectivity index is 1.81. The van der Waals surface area contributed by atoms with Gasteiger partial charge in [0.15, 0.2) is 5.69 Å². The number of benzene rings is 2. The summed E-state index contributed by atoms with van der Waals surface area (Å²) in [5.41, 5.74) is 2.05. The third-order valence-corrected chi connectivity index (χ3v) is 6.82. The quantitative estimate of drug-likeness (QED) is 0.471. The lowest BCUT2D eigenvalue weighted by Gasteiger charge is -2.35. The lowest BCUT2D eigenvalue weighted by Crippen LogP contribution is -2.44. The molecule has 0 N–H and O–H groups in total. The highest BCUT2D eigenvalue weighted by Gasteiger charge is 2.31. The van der Waals surface area contributed by atoms with Crippen molar-refractivity contribution >= 4 is 27.7 Å². The number of hydrogen-bond donors (Lipinski definition) is 0. The SMILES string of the molecule is CC[C@H]1CCCCN1C(=O)c1nn(-c2ccc(OC)cc2)c(=O)c2c1c1ccccc1n2C. The normalized spacial score (nSPS) is 16.5. The maximum atomic E-state index is 14.0. The average molecular weight is 445 g/mol. The van der Waals surface area contributed by atoms with Gasteiger partial charge >= 0.3 is 0 Å². The Hall–Kier alpha value is -3.61. The second-order valence-corrected chi connectivity index (χ2v) is 8.62. The number of carbonyl (C=O) groups excluding carboxylic acids is 1. The molecule has 3 heterocycles. The first kappa shape index (κ1) is 21.2. The number of piperidine rings is 1. The molecule has 1 aliphatic rings. The van der Waals surface area contributed by atoms with E-state index in [1.165, 1.54) is 4.68 Å². The number of methoxy groups -OCH3 is 1. The molecule has 2 aromatic heterocycles. The lowest BCUT2D eigenvalue weighted by atomic mass is 9.99. The van der Waals surface area contributed by atoms with Crippen LogP contribution in [0.4, 0.5) is 0 Å². The monoisotopic (exact) mass is 444 g/mol. The summed E-state index contributed by atoms with van der Waals surface area (Å²) in [5.74, 6) is 0.582. The summed E-state index contributed by atoms with van der Waals surface area (Å²) in [6, 6.07) is 15.1. The van der Waals surface area contributed by atoms with Crippen molar-refractivity contribution < 1.29 is 9.53 Å². The fourth-order valence-electron chi connectivity index (χ4n) is 5.06. The van der Waals surface area contributed by atoms with E-state index in [4.69, 9.17) is 9.84 Å². The summed E-state index contributed by atoms with van der Waals surface area (Å²) < 4.78 is 8.48. The van der Waals surface area contributed by atoms with Gasteiger partial charge in [0.05, 0.1) is 12.8 Å². The molecule has 1 fully saturated rings. The van der Waals surface area contributed by atoms with Crippen molar-refractivity contribution in [2.75, 3.05) is 13.7 Å². The molecule has 0 radical (unpaired) electrons. The molecule has 5 rings (SSSR count). The van der Waals surface area contributed by atoms with Gasteiger partial charge in [0.1, 0.15) is 11.3 Å². The third kappa shape index (κ3) is 3.39. The summed E-state index contributed by atoms with van der Waals surface area (Å²) in [4.78, 5) is 29.6. The second-order valence-electron chi connectivity index (χ2n) is 8.62. The van der Waals surface area contributed by atoms with Crippen molar-refractivity contribution in [1.29, 1.82) is 0 Å². The van der Waals surface area contributed by atoms with E-state index in [9.17, 15) is 9.59 Å². The molecule has 0 unspecified atom stereocenters. The van der Waals surface area contributed by atoms with E-state index in [0.717, 1.165) is 36.6 Å². The first-order valence-electron chi connectivity index (χ1n) is 11.5. The molecule has 2 aromatic carbocycles. The van der Waals surface area contributed by atoms with Crippen molar-refractivity contribution in [1.82, 2.24) is 19.2 Å². The summed E-state index contributed by atoms with van der Waals surface area (Å²) in [6.45, 7) is 2.84. The molecule has 1 atom stereocenters. The van der Waals surface area contributed by atoms with Crippen LogP contribution in [0.2, 0.25) is 0 Å². The van der Waals surface area contributed by atoms with Crippen LogP contribution in [-0.4, -0.2) is 44.9 Å². The first-order valence-corrected chi connectivity index (χ1v) is 11.5. The van der Waals surface area contributed by atoms with Gasteiger partial charge < -0.3 is 14.2 Å². The van der Waals surface area contributed by atoms with E-state index >= 15 is 0 Å². The van der Waals surface area contributed by atoms with Crippen LogP contribution in [0.15, 0.2) is 53.3 Å². The number of nitrogens with zero attached hydrogens (tertiary/aromatic N) is 4. The molecule has 33 heavy (non-hydrogen) atoms. The van der Waals surface area contributed by atoms with Gasteiger partial charge in [-0.15, -0.1) is 0 Å². The number of likely N-dealkylation sites (tertiary alicyclic amines) is 1. The largest absolute Gasteiger partial charge is 0.497 e. The van der Waals surface area contributed by atoms with Crippen molar-refractivity contribution in [2.24, 2.45) is 7.05 Å². The van der Waals surface area contributed by atoms with Gasteiger partial charge in [-0.2, -0.15) is 9.78 Å². The molecule has 0 saturated carbocycles. The lowest BCUT2D eigenvalue weighted by molar-refractivity contribution is 0.0602. The van der Waals surface area contributed by atoms with Crippen LogP contribution < -0.4 is 10.3 Å². The van der Waals surface area contributed by atoms with Crippen LogP contribution in [0.1, 0.15) is 43.1 Å². The van der Waals surface area contributed by atoms with Crippen LogP contribution in [-0.2, 0) is 7.05 Å². The van der Waals surface area contributed by atoms with Gasteiger partial charge in [0.2, 0.25) is 0 Å². The zero-order valence-corrected chi connectivity index (χ0v) is 19.2. The predicted octanol–water partition coefficient (Wildman–Crippen LogP) is 4.29. The minimum atomic E-state index is -0.254. The molecule has 4 aromatic rings. The van der Waals surface area contributed by atoms with Crippen LogP contribution in [0.25, 0.3) is 27.5 Å². The zero-order chi connectivity index (χ0) is 23.1. The topological polar surface area (TPSA) is 69.4 Å². The average Bonchev–Trinajstić information content (AvgIpc) is 3.17. The molecule has 0 aliphatic carbocycles. The zero-order valence-electron chi connectivity index (χ0n) is 19.2. The molecule has 7 nitrogen and oxygen atoms in total. The highest BCUT2D eigenvalue weighted by Crippen LogP contribution is 2.31. The summed E-state index contributed by atoms with van der Waals surface area (Å²) in [6.07, 6.45) is 4.02. The number of ether oxygens (including phenoxy) is 1. The molecule has 0 bridgehead atoms. The maximum absolute atomic E-state index is 14.0. The van der Waals surface area contributed by atoms with Gasteiger partial charge in [0, 0.05) is 35.9 Å². The van der Waals surface area contributed by atoms with Crippen molar-refractivity contribution in [3.8, 4) is 11.4 Å². The fraction of sp³-hybridized carbons (Fsp3) is 0.346. The minimum Gasteiger partial charge on any atom is -0.497 e. The number of aromatic nitrogens is 3. The van der Waals surface area contributed by atoms with Crippen LogP contribution in [0.3, 0.4) is 0 Å². The number of fused-ring (bicyclic) bond motifs is 3. The predicted molar refractivity (Wildman–Crippen MR) is 129 cm³/mol. The Morgan fingerprint density at radius 1 is 1.12 bits per heavy atom. The van der Waals surface area contributed by atoms with Crippen molar-refractivity contribution in [3.63, 3.8) is 0 Å². The summed E-state index contributed by atoms with van der Waals surface area (Å²) in [7, 11) is 3.47. The number of rotatable bonds is 4.